The molecule has 1 aromatic heterocycles. The summed E-state index contributed by atoms with van der Waals surface area (Å²) in [5.74, 6) is 0.534. The Morgan fingerprint density at radius 2 is 1.84 bits per heavy atom. The Morgan fingerprint density at radius 3 is 2.50 bits per heavy atom. The first-order valence-corrected chi connectivity index (χ1v) is 13.2. The number of amides is 1. The van der Waals surface area contributed by atoms with E-state index in [9.17, 15) is 13.2 Å². The molecule has 0 N–H and O–H groups in total. The number of rotatable bonds is 7. The Bertz CT molecular complexity index is 1200. The lowest BCUT2D eigenvalue weighted by molar-refractivity contribution is -0.131. The van der Waals surface area contributed by atoms with Crippen molar-refractivity contribution in [3.05, 3.63) is 47.5 Å². The third-order valence-corrected chi connectivity index (χ3v) is 8.69. The first-order chi connectivity index (χ1) is 15.4. The predicted molar refractivity (Wildman–Crippen MR) is 128 cm³/mol. The van der Waals surface area contributed by atoms with Gasteiger partial charge in [-0.05, 0) is 42.8 Å². The first-order valence-electron chi connectivity index (χ1n) is 10.3. The molecule has 3 aromatic rings. The third kappa shape index (κ3) is 5.00. The summed E-state index contributed by atoms with van der Waals surface area (Å²) in [5, 5.41) is 1.55. The second-order valence-electron chi connectivity index (χ2n) is 7.55. The third-order valence-electron chi connectivity index (χ3n) is 5.48. The van der Waals surface area contributed by atoms with Gasteiger partial charge >= 0.3 is 0 Å². The molecule has 32 heavy (non-hydrogen) atoms. The van der Waals surface area contributed by atoms with Gasteiger partial charge in [0.25, 0.3) is 0 Å². The number of halogens is 1. The van der Waals surface area contributed by atoms with E-state index in [2.05, 4.69) is 9.88 Å². The number of ether oxygens (including phenoxy) is 1. The van der Waals surface area contributed by atoms with Crippen LogP contribution >= 0.6 is 22.9 Å². The van der Waals surface area contributed by atoms with Crippen molar-refractivity contribution in [1.29, 1.82) is 0 Å². The van der Waals surface area contributed by atoms with Crippen LogP contribution in [0.1, 0.15) is 12.8 Å². The summed E-state index contributed by atoms with van der Waals surface area (Å²) < 4.78 is 31.1. The fraction of sp³-hybridized carbons (Fsp3) is 0.364. The molecule has 1 aliphatic rings. The van der Waals surface area contributed by atoms with Gasteiger partial charge in [0.1, 0.15) is 11.3 Å². The van der Waals surface area contributed by atoms with E-state index in [0.717, 1.165) is 15.3 Å². The van der Waals surface area contributed by atoms with Crippen LogP contribution in [0.2, 0.25) is 5.02 Å². The molecule has 0 unspecified atom stereocenters. The highest BCUT2D eigenvalue weighted by molar-refractivity contribution is 7.91. The summed E-state index contributed by atoms with van der Waals surface area (Å²) in [4.78, 5) is 21.5. The minimum Gasteiger partial charge on any atom is -0.497 e. The topological polar surface area (TPSA) is 79.8 Å². The van der Waals surface area contributed by atoms with Crippen LogP contribution in [-0.2, 0) is 14.6 Å². The summed E-state index contributed by atoms with van der Waals surface area (Å²) in [5.41, 5.74) is 0.811. The molecular weight excluding hydrogens is 470 g/mol. The quantitative estimate of drug-likeness (QED) is 0.497. The van der Waals surface area contributed by atoms with Crippen LogP contribution in [0.5, 0.6) is 5.75 Å². The molecule has 2 aromatic carbocycles. The molecule has 1 saturated heterocycles. The molecule has 1 amide bonds. The number of piperazine rings is 1. The van der Waals surface area contributed by atoms with Crippen molar-refractivity contribution in [3.63, 3.8) is 0 Å². The number of hydrogen-bond donors (Lipinski definition) is 0. The molecule has 1 fully saturated rings. The summed E-state index contributed by atoms with van der Waals surface area (Å²) in [7, 11) is -1.89. The zero-order valence-electron chi connectivity index (χ0n) is 17.7. The molecule has 0 radical (unpaired) electrons. The molecule has 0 aliphatic carbocycles. The number of aromatic nitrogens is 1. The van der Waals surface area contributed by atoms with Crippen LogP contribution in [0.15, 0.2) is 47.4 Å². The summed E-state index contributed by atoms with van der Waals surface area (Å²) in [6.07, 6.45) is 0.510. The molecule has 0 saturated carbocycles. The Balaban J connectivity index is 1.27. The smallest absolute Gasteiger partial charge is 0.222 e. The molecule has 0 atom stereocenters. The predicted octanol–water partition coefficient (Wildman–Crippen LogP) is 3.86. The fourth-order valence-corrected chi connectivity index (χ4v) is 6.29. The molecule has 0 bridgehead atoms. The lowest BCUT2D eigenvalue weighted by Crippen LogP contribution is -2.48. The van der Waals surface area contributed by atoms with E-state index in [0.29, 0.717) is 43.4 Å². The maximum Gasteiger partial charge on any atom is 0.222 e. The Labute approximate surface area is 196 Å². The van der Waals surface area contributed by atoms with Crippen molar-refractivity contribution in [3.8, 4) is 5.75 Å². The largest absolute Gasteiger partial charge is 0.497 e. The van der Waals surface area contributed by atoms with Crippen LogP contribution in [0, 0.1) is 0 Å². The molecule has 7 nitrogen and oxygen atoms in total. The zero-order chi connectivity index (χ0) is 22.7. The molecule has 10 heteroatoms. The van der Waals surface area contributed by atoms with Gasteiger partial charge in [-0.25, -0.2) is 13.4 Å². The Kier molecular flexibility index (Phi) is 6.88. The lowest BCUT2D eigenvalue weighted by atomic mass is 10.2. The standard InChI is InChI=1S/C22H24ClN3O4S2/c1-30-16-7-9-17(10-8-16)32(28,29)15-3-6-20(27)25-11-13-26(14-12-25)22-24-21-18(23)4-2-5-19(21)31-22/h2,4-5,7-10H,3,6,11-15H2,1H3. The number of hydrogen-bond acceptors (Lipinski definition) is 7. The highest BCUT2D eigenvalue weighted by Crippen LogP contribution is 2.33. The van der Waals surface area contributed by atoms with Crippen molar-refractivity contribution >= 4 is 54.0 Å². The van der Waals surface area contributed by atoms with E-state index in [1.807, 2.05) is 18.2 Å². The van der Waals surface area contributed by atoms with Crippen molar-refractivity contribution in [1.82, 2.24) is 9.88 Å². The van der Waals surface area contributed by atoms with Crippen LogP contribution in [0.3, 0.4) is 0 Å². The molecule has 1 aliphatic heterocycles. The summed E-state index contributed by atoms with van der Waals surface area (Å²) >= 11 is 7.83. The summed E-state index contributed by atoms with van der Waals surface area (Å²) in [6.45, 7) is 2.56. The van der Waals surface area contributed by atoms with E-state index >= 15 is 0 Å². The highest BCUT2D eigenvalue weighted by atomic mass is 35.5. The molecule has 0 spiro atoms. The maximum absolute atomic E-state index is 12.6. The first kappa shape index (κ1) is 22.8. The van der Waals surface area contributed by atoms with Gasteiger partial charge in [-0.15, -0.1) is 0 Å². The second kappa shape index (κ2) is 9.64. The van der Waals surface area contributed by atoms with Crippen LogP contribution in [-0.4, -0.2) is 63.3 Å². The van der Waals surface area contributed by atoms with Crippen molar-refractivity contribution in [2.24, 2.45) is 0 Å². The number of para-hydroxylation sites is 1. The zero-order valence-corrected chi connectivity index (χ0v) is 20.0. The Hall–Kier alpha value is -2.36. The Morgan fingerprint density at radius 1 is 1.12 bits per heavy atom. The van der Waals surface area contributed by atoms with E-state index in [-0.39, 0.29) is 23.0 Å². The number of fused-ring (bicyclic) bond motifs is 1. The van der Waals surface area contributed by atoms with Crippen LogP contribution < -0.4 is 9.64 Å². The molecular formula is C22H24ClN3O4S2. The van der Waals surface area contributed by atoms with Gasteiger partial charge in [-0.3, -0.25) is 4.79 Å². The van der Waals surface area contributed by atoms with Gasteiger partial charge < -0.3 is 14.5 Å². The minimum atomic E-state index is -3.43. The molecule has 2 heterocycles. The maximum atomic E-state index is 12.6. The SMILES string of the molecule is COc1ccc(S(=O)(=O)CCCC(=O)N2CCN(c3nc4c(Cl)cccc4s3)CC2)cc1. The van der Waals surface area contributed by atoms with E-state index < -0.39 is 9.84 Å². The van der Waals surface area contributed by atoms with Crippen LogP contribution in [0.25, 0.3) is 10.2 Å². The van der Waals surface area contributed by atoms with Crippen LogP contribution in [0.4, 0.5) is 5.13 Å². The van der Waals surface area contributed by atoms with E-state index in [4.69, 9.17) is 16.3 Å². The van der Waals surface area contributed by atoms with Gasteiger partial charge in [-0.2, -0.15) is 0 Å². The second-order valence-corrected chi connectivity index (χ2v) is 11.1. The number of carbonyl (C=O) groups is 1. The van der Waals surface area contributed by atoms with Crippen molar-refractivity contribution in [2.75, 3.05) is 43.9 Å². The summed E-state index contributed by atoms with van der Waals surface area (Å²) in [6, 6.07) is 12.1. The fourth-order valence-electron chi connectivity index (χ4n) is 3.66. The average Bonchev–Trinajstić information content (AvgIpc) is 3.25. The number of thiazole rings is 1. The molecule has 4 rings (SSSR count). The van der Waals surface area contributed by atoms with E-state index in [1.54, 1.807) is 28.4 Å². The van der Waals surface area contributed by atoms with Gasteiger partial charge in [-0.1, -0.05) is 29.0 Å². The minimum absolute atomic E-state index is 0.0121. The number of nitrogens with zero attached hydrogens (tertiary/aromatic N) is 3. The van der Waals surface area contributed by atoms with Gasteiger partial charge in [0.15, 0.2) is 15.0 Å². The number of anilines is 1. The number of methoxy groups -OCH3 is 1. The highest BCUT2D eigenvalue weighted by Gasteiger charge is 2.24. The number of benzene rings is 2. The van der Waals surface area contributed by atoms with Gasteiger partial charge in [0.05, 0.1) is 27.5 Å². The van der Waals surface area contributed by atoms with E-state index in [1.165, 1.54) is 19.2 Å². The number of carbonyl (C=O) groups excluding carboxylic acids is 1. The monoisotopic (exact) mass is 493 g/mol. The van der Waals surface area contributed by atoms with Gasteiger partial charge in [0, 0.05) is 32.6 Å². The van der Waals surface area contributed by atoms with Crippen molar-refractivity contribution < 1.29 is 17.9 Å². The lowest BCUT2D eigenvalue weighted by Gasteiger charge is -2.34. The number of sulfone groups is 1. The normalized spacial score (nSPS) is 14.7. The van der Waals surface area contributed by atoms with Gasteiger partial charge in [0.2, 0.25) is 5.91 Å². The average molecular weight is 494 g/mol. The molecule has 170 valence electrons. The van der Waals surface area contributed by atoms with Crippen molar-refractivity contribution in [2.45, 2.75) is 17.7 Å².